The van der Waals surface area contributed by atoms with Gasteiger partial charge in [-0.15, -0.1) is 0 Å². The molecule has 10 nitrogen and oxygen atoms in total. The van der Waals surface area contributed by atoms with Crippen LogP contribution in [0, 0.1) is 6.92 Å². The van der Waals surface area contributed by atoms with E-state index in [1.807, 2.05) is 13.0 Å². The van der Waals surface area contributed by atoms with Crippen molar-refractivity contribution in [2.45, 2.75) is 32.2 Å². The number of benzene rings is 1. The number of aromatic nitrogens is 3. The summed E-state index contributed by atoms with van der Waals surface area (Å²) in [6.07, 6.45) is 3.54. The normalized spacial score (nSPS) is 15.4. The summed E-state index contributed by atoms with van der Waals surface area (Å²) in [5.74, 6) is 3.75. The van der Waals surface area contributed by atoms with E-state index in [4.69, 9.17) is 11.6 Å². The van der Waals surface area contributed by atoms with E-state index in [1.54, 1.807) is 36.5 Å². The molecule has 3 aromatic rings. The third-order valence-electron chi connectivity index (χ3n) is 6.04. The quantitative estimate of drug-likeness (QED) is 0.357. The SMILES string of the molecule is C=C(F)C(=O)N1CCCCC1c1nc(-c2ccc(C(=O)Nc3cc(C)ccn3)cc2)c(C(N)=O)n1N. The maximum absolute atomic E-state index is 13.7. The number of piperidine rings is 1. The van der Waals surface area contributed by atoms with Gasteiger partial charge in [-0.05, 0) is 56.0 Å². The molecule has 0 radical (unpaired) electrons. The number of primary amides is 1. The first-order chi connectivity index (χ1) is 17.2. The zero-order chi connectivity index (χ0) is 26.0. The van der Waals surface area contributed by atoms with Crippen molar-refractivity contribution in [3.8, 4) is 11.3 Å². The summed E-state index contributed by atoms with van der Waals surface area (Å²) in [6.45, 7) is 5.30. The molecule has 1 aromatic carbocycles. The molecule has 3 heterocycles. The van der Waals surface area contributed by atoms with Crippen LogP contribution in [-0.4, -0.2) is 43.8 Å². The lowest BCUT2D eigenvalue weighted by atomic mass is 10.0. The summed E-state index contributed by atoms with van der Waals surface area (Å²) in [5, 5.41) is 2.73. The molecule has 0 spiro atoms. The van der Waals surface area contributed by atoms with E-state index < -0.39 is 23.7 Å². The Balaban J connectivity index is 1.66. The van der Waals surface area contributed by atoms with Crippen LogP contribution in [0.25, 0.3) is 11.3 Å². The first-order valence-corrected chi connectivity index (χ1v) is 11.3. The number of carbonyl (C=O) groups excluding carboxylic acids is 3. The summed E-state index contributed by atoms with van der Waals surface area (Å²) in [6, 6.07) is 9.30. The average molecular weight is 492 g/mol. The van der Waals surface area contributed by atoms with Crippen LogP contribution < -0.4 is 16.9 Å². The van der Waals surface area contributed by atoms with E-state index >= 15 is 0 Å². The Kier molecular flexibility index (Phi) is 6.82. The fraction of sp³-hybridized carbons (Fsp3) is 0.240. The molecular weight excluding hydrogens is 465 g/mol. The molecule has 5 N–H and O–H groups in total. The summed E-state index contributed by atoms with van der Waals surface area (Å²) >= 11 is 0. The molecule has 1 unspecified atom stereocenters. The van der Waals surface area contributed by atoms with Crippen molar-refractivity contribution in [2.75, 3.05) is 17.7 Å². The maximum Gasteiger partial charge on any atom is 0.282 e. The number of halogens is 1. The summed E-state index contributed by atoms with van der Waals surface area (Å²) in [7, 11) is 0. The third-order valence-corrected chi connectivity index (χ3v) is 6.04. The summed E-state index contributed by atoms with van der Waals surface area (Å²) in [5.41, 5.74) is 7.55. The molecule has 2 aromatic heterocycles. The Morgan fingerprint density at radius 2 is 1.89 bits per heavy atom. The minimum atomic E-state index is -1.08. The van der Waals surface area contributed by atoms with Crippen molar-refractivity contribution < 1.29 is 18.8 Å². The smallest absolute Gasteiger partial charge is 0.282 e. The van der Waals surface area contributed by atoms with E-state index in [0.717, 1.165) is 16.7 Å². The van der Waals surface area contributed by atoms with E-state index in [9.17, 15) is 18.8 Å². The highest BCUT2D eigenvalue weighted by molar-refractivity contribution is 6.04. The fourth-order valence-electron chi connectivity index (χ4n) is 4.29. The first-order valence-electron chi connectivity index (χ1n) is 11.3. The largest absolute Gasteiger partial charge is 0.364 e. The highest BCUT2D eigenvalue weighted by Gasteiger charge is 2.35. The standard InChI is InChI=1S/C25H26FN7O3/c1-14-10-11-29-19(13-14)30-24(35)17-8-6-16(7-9-17)20-21(22(27)34)33(28)23(31-20)18-5-3-4-12-32(18)25(36)15(2)26/h6-11,13,18H,2-5,12,28H2,1H3,(H2,27,34)(H,29,30,35). The molecule has 1 aliphatic heterocycles. The van der Waals surface area contributed by atoms with Gasteiger partial charge in [0.15, 0.2) is 17.3 Å². The van der Waals surface area contributed by atoms with Gasteiger partial charge < -0.3 is 21.8 Å². The van der Waals surface area contributed by atoms with Gasteiger partial charge >= 0.3 is 0 Å². The molecular formula is C25H26FN7O3. The molecule has 186 valence electrons. The number of nitrogens with one attached hydrogen (secondary N) is 1. The van der Waals surface area contributed by atoms with E-state index in [-0.39, 0.29) is 23.1 Å². The second-order valence-corrected chi connectivity index (χ2v) is 8.57. The van der Waals surface area contributed by atoms with Crippen molar-refractivity contribution in [1.82, 2.24) is 19.5 Å². The van der Waals surface area contributed by atoms with Gasteiger partial charge in [0, 0.05) is 23.9 Å². The minimum absolute atomic E-state index is 0.0665. The van der Waals surface area contributed by atoms with Gasteiger partial charge in [-0.1, -0.05) is 18.7 Å². The average Bonchev–Trinajstić information content (AvgIpc) is 3.20. The lowest BCUT2D eigenvalue weighted by Gasteiger charge is -2.34. The van der Waals surface area contributed by atoms with Gasteiger partial charge in [0.25, 0.3) is 17.7 Å². The first kappa shape index (κ1) is 24.6. The molecule has 0 bridgehead atoms. The molecule has 1 aliphatic rings. The zero-order valence-electron chi connectivity index (χ0n) is 19.7. The lowest BCUT2D eigenvalue weighted by molar-refractivity contribution is -0.132. The molecule has 1 atom stereocenters. The molecule has 3 amide bonds. The topological polar surface area (TPSA) is 149 Å². The number of amides is 3. The van der Waals surface area contributed by atoms with Crippen LogP contribution in [0.3, 0.4) is 0 Å². The maximum atomic E-state index is 13.7. The Labute approximate surface area is 206 Å². The van der Waals surface area contributed by atoms with Crippen molar-refractivity contribution in [1.29, 1.82) is 0 Å². The highest BCUT2D eigenvalue weighted by atomic mass is 19.1. The fourth-order valence-corrected chi connectivity index (χ4v) is 4.29. The summed E-state index contributed by atoms with van der Waals surface area (Å²) in [4.78, 5) is 47.3. The monoisotopic (exact) mass is 491 g/mol. The predicted octanol–water partition coefficient (Wildman–Crippen LogP) is 2.86. The van der Waals surface area contributed by atoms with Gasteiger partial charge in [0.2, 0.25) is 0 Å². The van der Waals surface area contributed by atoms with Gasteiger partial charge in [0.1, 0.15) is 11.5 Å². The summed E-state index contributed by atoms with van der Waals surface area (Å²) < 4.78 is 14.7. The Morgan fingerprint density at radius 3 is 2.53 bits per heavy atom. The number of hydrogen-bond donors (Lipinski definition) is 3. The molecule has 36 heavy (non-hydrogen) atoms. The third kappa shape index (κ3) is 4.81. The van der Waals surface area contributed by atoms with Crippen LogP contribution in [-0.2, 0) is 4.79 Å². The van der Waals surface area contributed by atoms with Crippen LogP contribution in [0.5, 0.6) is 0 Å². The van der Waals surface area contributed by atoms with Crippen LogP contribution in [0.15, 0.2) is 55.0 Å². The molecule has 11 heteroatoms. The van der Waals surface area contributed by atoms with Crippen molar-refractivity contribution in [3.63, 3.8) is 0 Å². The number of nitrogen functional groups attached to an aromatic ring is 1. The van der Waals surface area contributed by atoms with Gasteiger partial charge in [-0.3, -0.25) is 14.4 Å². The van der Waals surface area contributed by atoms with Gasteiger partial charge in [-0.25, -0.2) is 19.0 Å². The number of likely N-dealkylation sites (tertiary alicyclic amines) is 1. The van der Waals surface area contributed by atoms with Crippen LogP contribution in [0.1, 0.15) is 57.5 Å². The zero-order valence-corrected chi connectivity index (χ0v) is 19.7. The number of rotatable bonds is 6. The molecule has 0 saturated carbocycles. The van der Waals surface area contributed by atoms with Crippen LogP contribution >= 0.6 is 0 Å². The Morgan fingerprint density at radius 1 is 1.17 bits per heavy atom. The number of hydrogen-bond acceptors (Lipinski definition) is 6. The minimum Gasteiger partial charge on any atom is -0.364 e. The predicted molar refractivity (Wildman–Crippen MR) is 132 cm³/mol. The van der Waals surface area contributed by atoms with E-state index in [0.29, 0.717) is 36.3 Å². The molecule has 0 aliphatic carbocycles. The Hall–Kier alpha value is -4.54. The van der Waals surface area contributed by atoms with E-state index in [1.165, 1.54) is 4.90 Å². The number of pyridine rings is 1. The van der Waals surface area contributed by atoms with E-state index in [2.05, 4.69) is 21.9 Å². The molecule has 1 saturated heterocycles. The number of carbonyl (C=O) groups is 3. The van der Waals surface area contributed by atoms with Crippen LogP contribution in [0.4, 0.5) is 10.2 Å². The number of imidazole rings is 1. The molecule has 1 fully saturated rings. The Bertz CT molecular complexity index is 1350. The second-order valence-electron chi connectivity index (χ2n) is 8.57. The van der Waals surface area contributed by atoms with Crippen molar-refractivity contribution >= 4 is 23.5 Å². The molecule has 4 rings (SSSR count). The number of anilines is 1. The van der Waals surface area contributed by atoms with Gasteiger partial charge in [0.05, 0.1) is 6.04 Å². The van der Waals surface area contributed by atoms with Crippen molar-refractivity contribution in [3.05, 3.63) is 77.6 Å². The second kappa shape index (κ2) is 9.98. The van der Waals surface area contributed by atoms with Crippen molar-refractivity contribution in [2.24, 2.45) is 5.73 Å². The van der Waals surface area contributed by atoms with Crippen LogP contribution in [0.2, 0.25) is 0 Å². The lowest BCUT2D eigenvalue weighted by Crippen LogP contribution is -2.40. The highest BCUT2D eigenvalue weighted by Crippen LogP contribution is 2.34. The number of aryl methyl sites for hydroxylation is 1. The number of nitrogens with zero attached hydrogens (tertiary/aromatic N) is 4. The number of nitrogens with two attached hydrogens (primary N) is 2. The van der Waals surface area contributed by atoms with Gasteiger partial charge in [-0.2, -0.15) is 0 Å².